The Morgan fingerprint density at radius 3 is 2.59 bits per heavy atom. The summed E-state index contributed by atoms with van der Waals surface area (Å²) >= 11 is 0. The molecule has 2 amide bonds. The first-order valence-corrected chi connectivity index (χ1v) is 8.75. The quantitative estimate of drug-likeness (QED) is 0.841. The SMILES string of the molecule is Cn1c(-c2ccc3c(c2)OCO3)cnc1NC(=O)CCC(=O)NC(C)(C)C. The highest BCUT2D eigenvalue weighted by molar-refractivity contribution is 5.92. The van der Waals surface area contributed by atoms with Gasteiger partial charge in [-0.1, -0.05) is 0 Å². The number of fused-ring (bicyclic) bond motifs is 1. The van der Waals surface area contributed by atoms with Crippen molar-refractivity contribution < 1.29 is 19.1 Å². The Balaban J connectivity index is 1.62. The van der Waals surface area contributed by atoms with Gasteiger partial charge in [0.15, 0.2) is 11.5 Å². The zero-order valence-corrected chi connectivity index (χ0v) is 16.0. The molecule has 1 aliphatic rings. The largest absolute Gasteiger partial charge is 0.454 e. The number of aromatic nitrogens is 2. The molecular formula is C19H24N4O4. The minimum Gasteiger partial charge on any atom is -0.454 e. The van der Waals surface area contributed by atoms with Gasteiger partial charge in [0.1, 0.15) is 0 Å². The van der Waals surface area contributed by atoms with Gasteiger partial charge in [-0.3, -0.25) is 14.9 Å². The summed E-state index contributed by atoms with van der Waals surface area (Å²) in [5.41, 5.74) is 1.42. The monoisotopic (exact) mass is 372 g/mol. The van der Waals surface area contributed by atoms with Crippen LogP contribution in [0.5, 0.6) is 11.5 Å². The van der Waals surface area contributed by atoms with Crippen molar-refractivity contribution in [2.75, 3.05) is 12.1 Å². The second-order valence-electron chi connectivity index (χ2n) is 7.44. The fourth-order valence-electron chi connectivity index (χ4n) is 2.74. The number of ether oxygens (including phenoxy) is 2. The van der Waals surface area contributed by atoms with E-state index in [0.717, 1.165) is 11.3 Å². The maximum absolute atomic E-state index is 12.2. The summed E-state index contributed by atoms with van der Waals surface area (Å²) in [4.78, 5) is 28.3. The van der Waals surface area contributed by atoms with E-state index in [9.17, 15) is 9.59 Å². The van der Waals surface area contributed by atoms with Gasteiger partial charge in [0.05, 0.1) is 11.9 Å². The van der Waals surface area contributed by atoms with Crippen molar-refractivity contribution >= 4 is 17.8 Å². The number of benzene rings is 1. The van der Waals surface area contributed by atoms with E-state index in [1.807, 2.05) is 46.0 Å². The van der Waals surface area contributed by atoms with E-state index >= 15 is 0 Å². The molecule has 0 spiro atoms. The molecule has 0 atom stereocenters. The first kappa shape index (κ1) is 18.8. The number of carbonyl (C=O) groups is 2. The molecule has 0 radical (unpaired) electrons. The van der Waals surface area contributed by atoms with E-state index in [4.69, 9.17) is 9.47 Å². The predicted octanol–water partition coefficient (Wildman–Crippen LogP) is 2.45. The fraction of sp³-hybridized carbons (Fsp3) is 0.421. The lowest BCUT2D eigenvalue weighted by molar-refractivity contribution is -0.125. The zero-order chi connectivity index (χ0) is 19.6. The van der Waals surface area contributed by atoms with Crippen molar-refractivity contribution in [2.24, 2.45) is 7.05 Å². The van der Waals surface area contributed by atoms with E-state index in [1.54, 1.807) is 10.8 Å². The summed E-state index contributed by atoms with van der Waals surface area (Å²) in [7, 11) is 1.81. The summed E-state index contributed by atoms with van der Waals surface area (Å²) in [5.74, 6) is 1.40. The summed E-state index contributed by atoms with van der Waals surface area (Å²) < 4.78 is 12.5. The van der Waals surface area contributed by atoms with E-state index in [2.05, 4.69) is 15.6 Å². The lowest BCUT2D eigenvalue weighted by Crippen LogP contribution is -2.40. The second-order valence-corrected chi connectivity index (χ2v) is 7.44. The molecule has 144 valence electrons. The third-order valence-electron chi connectivity index (χ3n) is 4.00. The average molecular weight is 372 g/mol. The van der Waals surface area contributed by atoms with Crippen molar-refractivity contribution in [1.29, 1.82) is 0 Å². The van der Waals surface area contributed by atoms with Gasteiger partial charge in [-0.05, 0) is 39.0 Å². The van der Waals surface area contributed by atoms with Gasteiger partial charge < -0.3 is 19.4 Å². The van der Waals surface area contributed by atoms with Crippen LogP contribution in [0.25, 0.3) is 11.3 Å². The molecular weight excluding hydrogens is 348 g/mol. The number of amides is 2. The molecule has 2 aromatic rings. The lowest BCUT2D eigenvalue weighted by atomic mass is 10.1. The Morgan fingerprint density at radius 2 is 1.85 bits per heavy atom. The van der Waals surface area contributed by atoms with Gasteiger partial charge in [-0.15, -0.1) is 0 Å². The van der Waals surface area contributed by atoms with Gasteiger partial charge >= 0.3 is 0 Å². The van der Waals surface area contributed by atoms with Crippen LogP contribution in [0.1, 0.15) is 33.6 Å². The number of hydrogen-bond acceptors (Lipinski definition) is 5. The van der Waals surface area contributed by atoms with Crippen LogP contribution in [0.2, 0.25) is 0 Å². The van der Waals surface area contributed by atoms with Crippen LogP contribution in [0, 0.1) is 0 Å². The van der Waals surface area contributed by atoms with E-state index < -0.39 is 0 Å². The Labute approximate surface area is 157 Å². The maximum Gasteiger partial charge on any atom is 0.231 e. The van der Waals surface area contributed by atoms with Crippen LogP contribution in [0.4, 0.5) is 5.95 Å². The normalized spacial score (nSPS) is 12.7. The zero-order valence-electron chi connectivity index (χ0n) is 16.0. The standard InChI is InChI=1S/C19H24N4O4/c1-19(2,3)22-17(25)8-7-16(24)21-18-20-10-13(23(18)4)12-5-6-14-15(9-12)27-11-26-14/h5-6,9-10H,7-8,11H2,1-4H3,(H,22,25)(H,20,21,24). The molecule has 0 saturated heterocycles. The van der Waals surface area contributed by atoms with Crippen molar-refractivity contribution in [3.8, 4) is 22.8 Å². The topological polar surface area (TPSA) is 94.5 Å². The summed E-state index contributed by atoms with van der Waals surface area (Å²) in [6.07, 6.45) is 1.90. The highest BCUT2D eigenvalue weighted by atomic mass is 16.7. The van der Waals surface area contributed by atoms with Crippen LogP contribution in [-0.4, -0.2) is 33.7 Å². The average Bonchev–Trinajstić information content (AvgIpc) is 3.18. The van der Waals surface area contributed by atoms with Gasteiger partial charge in [0, 0.05) is 31.0 Å². The van der Waals surface area contributed by atoms with E-state index in [0.29, 0.717) is 17.4 Å². The third-order valence-corrected chi connectivity index (χ3v) is 4.00. The smallest absolute Gasteiger partial charge is 0.231 e. The Hall–Kier alpha value is -3.03. The molecule has 3 rings (SSSR count). The predicted molar refractivity (Wildman–Crippen MR) is 101 cm³/mol. The maximum atomic E-state index is 12.2. The summed E-state index contributed by atoms with van der Waals surface area (Å²) in [6.45, 7) is 5.91. The Bertz CT molecular complexity index is 867. The number of anilines is 1. The minimum atomic E-state index is -0.313. The van der Waals surface area contributed by atoms with Crippen molar-refractivity contribution in [3.05, 3.63) is 24.4 Å². The molecule has 0 unspecified atom stereocenters. The molecule has 0 bridgehead atoms. The fourth-order valence-corrected chi connectivity index (χ4v) is 2.74. The van der Waals surface area contributed by atoms with Crippen LogP contribution in [-0.2, 0) is 16.6 Å². The van der Waals surface area contributed by atoms with Gasteiger partial charge in [0.2, 0.25) is 24.6 Å². The van der Waals surface area contributed by atoms with Crippen molar-refractivity contribution in [3.63, 3.8) is 0 Å². The lowest BCUT2D eigenvalue weighted by Gasteiger charge is -2.20. The first-order valence-electron chi connectivity index (χ1n) is 8.75. The molecule has 27 heavy (non-hydrogen) atoms. The van der Waals surface area contributed by atoms with Gasteiger partial charge in [0.25, 0.3) is 0 Å². The number of carbonyl (C=O) groups excluding carboxylic acids is 2. The molecule has 8 nitrogen and oxygen atoms in total. The number of nitrogens with one attached hydrogen (secondary N) is 2. The molecule has 0 fully saturated rings. The first-order chi connectivity index (χ1) is 12.7. The Morgan fingerprint density at radius 1 is 1.15 bits per heavy atom. The highest BCUT2D eigenvalue weighted by Gasteiger charge is 2.18. The molecule has 2 N–H and O–H groups in total. The van der Waals surface area contributed by atoms with Crippen LogP contribution in [0.15, 0.2) is 24.4 Å². The van der Waals surface area contributed by atoms with Gasteiger partial charge in [-0.25, -0.2) is 4.98 Å². The number of imidazole rings is 1. The third kappa shape index (κ3) is 4.58. The van der Waals surface area contributed by atoms with Crippen LogP contribution < -0.4 is 20.1 Å². The van der Waals surface area contributed by atoms with Crippen molar-refractivity contribution in [2.45, 2.75) is 39.2 Å². The number of nitrogens with zero attached hydrogens (tertiary/aromatic N) is 2. The molecule has 1 aromatic carbocycles. The Kier molecular flexibility index (Phi) is 5.07. The van der Waals surface area contributed by atoms with E-state index in [1.165, 1.54) is 0 Å². The van der Waals surface area contributed by atoms with Crippen LogP contribution >= 0.6 is 0 Å². The van der Waals surface area contributed by atoms with Gasteiger partial charge in [-0.2, -0.15) is 0 Å². The molecule has 1 aromatic heterocycles. The summed E-state index contributed by atoms with van der Waals surface area (Å²) in [5, 5.41) is 5.58. The molecule has 0 saturated carbocycles. The number of hydrogen-bond donors (Lipinski definition) is 2. The van der Waals surface area contributed by atoms with Crippen molar-refractivity contribution in [1.82, 2.24) is 14.9 Å². The number of rotatable bonds is 5. The van der Waals surface area contributed by atoms with Crippen LogP contribution in [0.3, 0.4) is 0 Å². The highest BCUT2D eigenvalue weighted by Crippen LogP contribution is 2.36. The second kappa shape index (κ2) is 7.30. The molecule has 2 heterocycles. The van der Waals surface area contributed by atoms with E-state index in [-0.39, 0.29) is 37.0 Å². The molecule has 0 aliphatic carbocycles. The summed E-state index contributed by atoms with van der Waals surface area (Å²) in [6, 6.07) is 5.63. The molecule has 8 heteroatoms. The molecule has 1 aliphatic heterocycles. The minimum absolute atomic E-state index is 0.0914.